The summed E-state index contributed by atoms with van der Waals surface area (Å²) in [4.78, 5) is 18.6. The molecule has 1 aromatic heterocycles. The fraction of sp³-hybridized carbons (Fsp3) is 0.238. The van der Waals surface area contributed by atoms with Gasteiger partial charge in [-0.2, -0.15) is 0 Å². The van der Waals surface area contributed by atoms with E-state index >= 15 is 0 Å². The zero-order valence-corrected chi connectivity index (χ0v) is 15.8. The standard InChI is InChI=1S/C21H19ClN2OS/c22-14-6-5-9-16(12-14)26-20-13-18(17-10-3-4-11-19(17)24-20)21(25)23-15-7-1-2-8-15/h3-6,9-13,15H,1-2,7-8H2,(H,23,25). The summed E-state index contributed by atoms with van der Waals surface area (Å²) in [5.74, 6) is -0.0107. The van der Waals surface area contributed by atoms with Gasteiger partial charge >= 0.3 is 0 Å². The van der Waals surface area contributed by atoms with Gasteiger partial charge in [-0.15, -0.1) is 0 Å². The number of carbonyl (C=O) groups excluding carboxylic acids is 1. The lowest BCUT2D eigenvalue weighted by Crippen LogP contribution is -2.32. The molecule has 0 bridgehead atoms. The molecule has 1 aliphatic rings. The van der Waals surface area contributed by atoms with E-state index in [1.807, 2.05) is 54.6 Å². The van der Waals surface area contributed by atoms with Crippen molar-refractivity contribution in [2.75, 3.05) is 0 Å². The Bertz CT molecular complexity index is 954. The van der Waals surface area contributed by atoms with E-state index in [0.717, 1.165) is 33.7 Å². The molecular weight excluding hydrogens is 364 g/mol. The first-order valence-electron chi connectivity index (χ1n) is 8.83. The smallest absolute Gasteiger partial charge is 0.252 e. The molecule has 4 rings (SSSR count). The summed E-state index contributed by atoms with van der Waals surface area (Å²) in [5.41, 5.74) is 1.52. The molecule has 3 aromatic rings. The van der Waals surface area contributed by atoms with E-state index in [2.05, 4.69) is 5.32 Å². The zero-order chi connectivity index (χ0) is 17.9. The van der Waals surface area contributed by atoms with Crippen molar-refractivity contribution in [3.05, 3.63) is 65.2 Å². The Morgan fingerprint density at radius 2 is 1.88 bits per heavy atom. The maximum atomic E-state index is 12.9. The molecule has 1 amide bonds. The summed E-state index contributed by atoms with van der Waals surface area (Å²) in [6.07, 6.45) is 4.52. The van der Waals surface area contributed by atoms with Crippen LogP contribution in [0.5, 0.6) is 0 Å². The molecule has 3 nitrogen and oxygen atoms in total. The number of benzene rings is 2. The number of nitrogens with one attached hydrogen (secondary N) is 1. The van der Waals surface area contributed by atoms with Gasteiger partial charge in [0.25, 0.3) is 5.91 Å². The number of carbonyl (C=O) groups is 1. The molecule has 132 valence electrons. The van der Waals surface area contributed by atoms with Gasteiger partial charge in [0.05, 0.1) is 11.1 Å². The van der Waals surface area contributed by atoms with Crippen LogP contribution in [0.1, 0.15) is 36.0 Å². The first kappa shape index (κ1) is 17.4. The predicted octanol–water partition coefficient (Wildman–Crippen LogP) is 5.71. The van der Waals surface area contributed by atoms with Crippen molar-refractivity contribution in [1.29, 1.82) is 0 Å². The molecule has 0 saturated heterocycles. The van der Waals surface area contributed by atoms with E-state index in [1.165, 1.54) is 24.6 Å². The Morgan fingerprint density at radius 3 is 2.69 bits per heavy atom. The van der Waals surface area contributed by atoms with Crippen LogP contribution in [-0.2, 0) is 0 Å². The van der Waals surface area contributed by atoms with E-state index in [-0.39, 0.29) is 5.91 Å². The Morgan fingerprint density at radius 1 is 1.08 bits per heavy atom. The highest BCUT2D eigenvalue weighted by Gasteiger charge is 2.20. The number of fused-ring (bicyclic) bond motifs is 1. The normalized spacial score (nSPS) is 14.7. The number of hydrogen-bond acceptors (Lipinski definition) is 3. The molecule has 1 heterocycles. The molecular formula is C21H19ClN2OS. The lowest BCUT2D eigenvalue weighted by atomic mass is 10.1. The molecule has 0 aliphatic heterocycles. The minimum absolute atomic E-state index is 0.0107. The molecule has 0 radical (unpaired) electrons. The van der Waals surface area contributed by atoms with Gasteiger partial charge in [0.15, 0.2) is 0 Å². The minimum Gasteiger partial charge on any atom is -0.349 e. The number of halogens is 1. The monoisotopic (exact) mass is 382 g/mol. The number of aromatic nitrogens is 1. The second kappa shape index (κ2) is 7.68. The summed E-state index contributed by atoms with van der Waals surface area (Å²) in [6.45, 7) is 0. The number of hydrogen-bond donors (Lipinski definition) is 1. The van der Waals surface area contributed by atoms with Gasteiger partial charge in [-0.05, 0) is 43.2 Å². The van der Waals surface area contributed by atoms with Crippen LogP contribution >= 0.6 is 23.4 Å². The number of amides is 1. The number of para-hydroxylation sites is 1. The fourth-order valence-corrected chi connectivity index (χ4v) is 4.53. The van der Waals surface area contributed by atoms with Crippen LogP contribution < -0.4 is 5.32 Å². The Kier molecular flexibility index (Phi) is 5.14. The van der Waals surface area contributed by atoms with Gasteiger partial charge in [-0.1, -0.05) is 60.5 Å². The van der Waals surface area contributed by atoms with Crippen molar-refractivity contribution in [3.63, 3.8) is 0 Å². The van der Waals surface area contributed by atoms with Gasteiger partial charge in [-0.3, -0.25) is 4.79 Å². The second-order valence-corrected chi connectivity index (χ2v) is 8.07. The average Bonchev–Trinajstić information content (AvgIpc) is 3.14. The van der Waals surface area contributed by atoms with Gasteiger partial charge in [0.1, 0.15) is 5.03 Å². The van der Waals surface area contributed by atoms with Gasteiger partial charge in [0, 0.05) is 21.3 Å². The second-order valence-electron chi connectivity index (χ2n) is 6.54. The van der Waals surface area contributed by atoms with Gasteiger partial charge in [-0.25, -0.2) is 4.98 Å². The lowest BCUT2D eigenvalue weighted by molar-refractivity contribution is 0.0939. The van der Waals surface area contributed by atoms with E-state index < -0.39 is 0 Å². The topological polar surface area (TPSA) is 42.0 Å². The van der Waals surface area contributed by atoms with Crippen molar-refractivity contribution in [2.24, 2.45) is 0 Å². The first-order chi connectivity index (χ1) is 12.7. The van der Waals surface area contributed by atoms with Crippen molar-refractivity contribution >= 4 is 40.2 Å². The molecule has 0 spiro atoms. The molecule has 2 aromatic carbocycles. The predicted molar refractivity (Wildman–Crippen MR) is 107 cm³/mol. The lowest BCUT2D eigenvalue weighted by Gasteiger charge is -2.14. The maximum Gasteiger partial charge on any atom is 0.252 e. The van der Waals surface area contributed by atoms with Crippen molar-refractivity contribution in [3.8, 4) is 0 Å². The van der Waals surface area contributed by atoms with E-state index in [9.17, 15) is 4.79 Å². The zero-order valence-electron chi connectivity index (χ0n) is 14.2. The summed E-state index contributed by atoms with van der Waals surface area (Å²) < 4.78 is 0. The summed E-state index contributed by atoms with van der Waals surface area (Å²) >= 11 is 7.60. The highest BCUT2D eigenvalue weighted by molar-refractivity contribution is 7.99. The van der Waals surface area contributed by atoms with Gasteiger partial charge in [0.2, 0.25) is 0 Å². The minimum atomic E-state index is -0.0107. The quantitative estimate of drug-likeness (QED) is 0.628. The van der Waals surface area contributed by atoms with E-state index in [1.54, 1.807) is 0 Å². The average molecular weight is 383 g/mol. The van der Waals surface area contributed by atoms with Crippen LogP contribution in [0.25, 0.3) is 10.9 Å². The van der Waals surface area contributed by atoms with E-state index in [4.69, 9.17) is 16.6 Å². The largest absolute Gasteiger partial charge is 0.349 e. The highest BCUT2D eigenvalue weighted by atomic mass is 35.5. The number of pyridine rings is 1. The Balaban J connectivity index is 1.69. The Labute approximate surface area is 162 Å². The van der Waals surface area contributed by atoms with Crippen LogP contribution in [0.15, 0.2) is 64.5 Å². The third-order valence-electron chi connectivity index (χ3n) is 4.65. The summed E-state index contributed by atoms with van der Waals surface area (Å²) in [7, 11) is 0. The SMILES string of the molecule is O=C(NC1CCCC1)c1cc(Sc2cccc(Cl)c2)nc2ccccc12. The summed E-state index contributed by atoms with van der Waals surface area (Å²) in [5, 5.41) is 5.56. The molecule has 1 saturated carbocycles. The molecule has 1 N–H and O–H groups in total. The molecule has 1 fully saturated rings. The van der Waals surface area contributed by atoms with Crippen LogP contribution in [0, 0.1) is 0 Å². The van der Waals surface area contributed by atoms with E-state index in [0.29, 0.717) is 16.6 Å². The molecule has 0 atom stereocenters. The van der Waals surface area contributed by atoms with Crippen molar-refractivity contribution < 1.29 is 4.79 Å². The molecule has 0 unspecified atom stereocenters. The first-order valence-corrected chi connectivity index (χ1v) is 10.0. The third-order valence-corrected chi connectivity index (χ3v) is 5.79. The Hall–Kier alpha value is -2.04. The maximum absolute atomic E-state index is 12.9. The summed E-state index contributed by atoms with van der Waals surface area (Å²) in [6, 6.07) is 17.6. The van der Waals surface area contributed by atoms with Crippen LogP contribution in [0.3, 0.4) is 0 Å². The highest BCUT2D eigenvalue weighted by Crippen LogP contribution is 2.31. The molecule has 5 heteroatoms. The fourth-order valence-electron chi connectivity index (χ4n) is 3.38. The van der Waals surface area contributed by atoms with Crippen molar-refractivity contribution in [1.82, 2.24) is 10.3 Å². The van der Waals surface area contributed by atoms with Crippen molar-refractivity contribution in [2.45, 2.75) is 41.6 Å². The van der Waals surface area contributed by atoms with Crippen LogP contribution in [0.4, 0.5) is 0 Å². The molecule has 1 aliphatic carbocycles. The number of rotatable bonds is 4. The van der Waals surface area contributed by atoms with Gasteiger partial charge < -0.3 is 5.32 Å². The third kappa shape index (κ3) is 3.87. The van der Waals surface area contributed by atoms with Crippen LogP contribution in [-0.4, -0.2) is 16.9 Å². The molecule has 26 heavy (non-hydrogen) atoms. The number of nitrogens with zero attached hydrogens (tertiary/aromatic N) is 1. The van der Waals surface area contributed by atoms with Crippen LogP contribution in [0.2, 0.25) is 5.02 Å².